The second kappa shape index (κ2) is 24.6. The van der Waals surface area contributed by atoms with Crippen LogP contribution < -0.4 is 0 Å². The van der Waals surface area contributed by atoms with Crippen LogP contribution in [0.2, 0.25) is 0 Å². The average molecular weight is 1370 g/mol. The SMILES string of the molecule is c1ccc(-c2cc(-c3ccccc3)nc(-n3c4ccccc4c4cc(-c5ccc6c7ccccc7n(-c7cccc8cc(-c9cccc(-c%10cc(-c%11ccccc%11)nc(-n%11c%12ccccc%12c%12cc(-c%13ccc%14c%15ccccc%15n(-c%15cccc%16ccccc%15%16)c%14c%13)ccc%12%11)n%10)c9)ccc78)c6c5)ccc43)c2)cc1. The van der Waals surface area contributed by atoms with E-state index in [9.17, 15) is 0 Å². The fourth-order valence-corrected chi connectivity index (χ4v) is 17.1. The minimum Gasteiger partial charge on any atom is -0.309 e. The summed E-state index contributed by atoms with van der Waals surface area (Å²) in [5.41, 5.74) is 25.9. The first-order valence-corrected chi connectivity index (χ1v) is 36.9. The van der Waals surface area contributed by atoms with Crippen LogP contribution in [-0.4, -0.2) is 33.2 Å². The van der Waals surface area contributed by atoms with E-state index in [2.05, 4.69) is 400 Å². The standard InChI is InChI=1S/C101H63N7/c1-4-23-64(24-5-1)76-59-87(66-26-6-2-7-27-66)102-100(62-76)107-94-41-18-14-37-81(94)85-57-70(48-53-96(85)107)72-46-52-84-80-36-13-17-40-93(80)106(99(84)61-72)91-44-22-32-74-55-69(45-50-78(74)91)68-31-20-33-75(56-68)89-63-88(67-28-8-3-9-29-67)103-101(104-89)108-95-42-19-15-38-82(95)86-58-71(49-54-97(86)108)73-47-51-83-79-35-12-16-39-92(79)105(98(83)60-73)90-43-21-30-65-25-10-11-34-77(65)90/h1-63H. The van der Waals surface area contributed by atoms with Gasteiger partial charge in [0.1, 0.15) is 5.82 Å². The molecule has 22 rings (SSSR count). The van der Waals surface area contributed by atoms with Crippen molar-refractivity contribution in [3.63, 3.8) is 0 Å². The van der Waals surface area contributed by atoms with E-state index >= 15 is 0 Å². The molecule has 0 aliphatic heterocycles. The van der Waals surface area contributed by atoms with Gasteiger partial charge in [0, 0.05) is 70.6 Å². The third kappa shape index (κ3) is 9.87. The molecule has 0 saturated heterocycles. The van der Waals surface area contributed by atoms with Crippen LogP contribution in [-0.2, 0) is 0 Å². The van der Waals surface area contributed by atoms with E-state index in [1.165, 1.54) is 59.8 Å². The summed E-state index contributed by atoms with van der Waals surface area (Å²) in [5, 5.41) is 14.2. The molecule has 0 saturated carbocycles. The summed E-state index contributed by atoms with van der Waals surface area (Å²) in [5.74, 6) is 1.48. The Morgan fingerprint density at radius 3 is 1.10 bits per heavy atom. The zero-order chi connectivity index (χ0) is 70.9. The van der Waals surface area contributed by atoms with E-state index in [4.69, 9.17) is 15.0 Å². The van der Waals surface area contributed by atoms with Gasteiger partial charge in [0.05, 0.1) is 72.6 Å². The second-order valence-corrected chi connectivity index (χ2v) is 28.3. The molecule has 0 spiro atoms. The van der Waals surface area contributed by atoms with Crippen LogP contribution in [0, 0.1) is 0 Å². The van der Waals surface area contributed by atoms with Gasteiger partial charge in [-0.1, -0.05) is 279 Å². The molecule has 22 aromatic rings. The van der Waals surface area contributed by atoms with Crippen molar-refractivity contribution in [1.29, 1.82) is 0 Å². The molecule has 7 heteroatoms. The molecule has 0 aliphatic rings. The van der Waals surface area contributed by atoms with Crippen molar-refractivity contribution >= 4 is 109 Å². The largest absolute Gasteiger partial charge is 0.309 e. The van der Waals surface area contributed by atoms with Crippen LogP contribution in [0.25, 0.3) is 210 Å². The van der Waals surface area contributed by atoms with Crippen LogP contribution in [0.5, 0.6) is 0 Å². The van der Waals surface area contributed by atoms with E-state index < -0.39 is 0 Å². The molecule has 0 bridgehead atoms. The topological polar surface area (TPSA) is 58.4 Å². The Kier molecular flexibility index (Phi) is 13.9. The fourth-order valence-electron chi connectivity index (χ4n) is 17.1. The van der Waals surface area contributed by atoms with Gasteiger partial charge in [0.25, 0.3) is 0 Å². The van der Waals surface area contributed by atoms with Gasteiger partial charge in [-0.25, -0.2) is 15.0 Å². The molecule has 0 fully saturated rings. The summed E-state index contributed by atoms with van der Waals surface area (Å²) in [6.07, 6.45) is 0. The van der Waals surface area contributed by atoms with Gasteiger partial charge < -0.3 is 9.13 Å². The van der Waals surface area contributed by atoms with Crippen molar-refractivity contribution in [2.75, 3.05) is 0 Å². The molecule has 0 N–H and O–H groups in total. The van der Waals surface area contributed by atoms with E-state index in [1.807, 2.05) is 0 Å². The average Bonchev–Trinajstić information content (AvgIpc) is 1.58. The number of fused-ring (bicyclic) bond motifs is 14. The van der Waals surface area contributed by atoms with Gasteiger partial charge in [0.2, 0.25) is 5.95 Å². The van der Waals surface area contributed by atoms with Crippen molar-refractivity contribution in [2.24, 2.45) is 0 Å². The van der Waals surface area contributed by atoms with Crippen molar-refractivity contribution < 1.29 is 0 Å². The molecule has 6 aromatic heterocycles. The summed E-state index contributed by atoms with van der Waals surface area (Å²) in [6, 6.07) is 139. The molecular formula is C101H63N7. The number of hydrogen-bond donors (Lipinski definition) is 0. The normalized spacial score (nSPS) is 11.9. The number of aromatic nitrogens is 7. The maximum absolute atomic E-state index is 5.57. The third-order valence-corrected chi connectivity index (χ3v) is 22.2. The number of para-hydroxylation sites is 4. The lowest BCUT2D eigenvalue weighted by molar-refractivity contribution is 0.995. The van der Waals surface area contributed by atoms with Gasteiger partial charge in [-0.15, -0.1) is 0 Å². The molecule has 6 heterocycles. The van der Waals surface area contributed by atoms with Crippen LogP contribution in [0.15, 0.2) is 382 Å². The summed E-state index contributed by atoms with van der Waals surface area (Å²) in [4.78, 5) is 16.5. The fraction of sp³-hybridized carbons (Fsp3) is 0. The number of rotatable bonds is 11. The maximum atomic E-state index is 5.57. The highest BCUT2D eigenvalue weighted by atomic mass is 15.2. The number of benzene rings is 16. The van der Waals surface area contributed by atoms with Crippen LogP contribution in [0.1, 0.15) is 0 Å². The number of nitrogens with zero attached hydrogens (tertiary/aromatic N) is 7. The summed E-state index contributed by atoms with van der Waals surface area (Å²) >= 11 is 0. The van der Waals surface area contributed by atoms with Crippen LogP contribution >= 0.6 is 0 Å². The highest BCUT2D eigenvalue weighted by molar-refractivity contribution is 6.16. The number of hydrogen-bond acceptors (Lipinski definition) is 3. The molecule has 16 aromatic carbocycles. The Hall–Kier alpha value is -14.5. The minimum absolute atomic E-state index is 0.606. The van der Waals surface area contributed by atoms with E-state index in [0.717, 1.165) is 144 Å². The zero-order valence-electron chi connectivity index (χ0n) is 58.5. The van der Waals surface area contributed by atoms with Gasteiger partial charge in [0.15, 0.2) is 0 Å². The quantitative estimate of drug-likeness (QED) is 0.130. The predicted octanol–water partition coefficient (Wildman–Crippen LogP) is 26.2. The second-order valence-electron chi connectivity index (χ2n) is 28.3. The molecule has 0 unspecified atom stereocenters. The zero-order valence-corrected chi connectivity index (χ0v) is 58.5. The summed E-state index contributed by atoms with van der Waals surface area (Å²) in [6.45, 7) is 0. The summed E-state index contributed by atoms with van der Waals surface area (Å²) in [7, 11) is 0. The minimum atomic E-state index is 0.606. The lowest BCUT2D eigenvalue weighted by atomic mass is 9.97. The van der Waals surface area contributed by atoms with Gasteiger partial charge in [-0.2, -0.15) is 0 Å². The Morgan fingerprint density at radius 2 is 0.519 bits per heavy atom. The Balaban J connectivity index is 0.627. The predicted molar refractivity (Wildman–Crippen MR) is 450 cm³/mol. The third-order valence-electron chi connectivity index (χ3n) is 22.2. The highest BCUT2D eigenvalue weighted by Crippen LogP contribution is 2.44. The van der Waals surface area contributed by atoms with Crippen molar-refractivity contribution in [2.45, 2.75) is 0 Å². The van der Waals surface area contributed by atoms with E-state index in [0.29, 0.717) is 5.95 Å². The first-order chi connectivity index (χ1) is 53.5. The summed E-state index contributed by atoms with van der Waals surface area (Å²) < 4.78 is 9.50. The van der Waals surface area contributed by atoms with Crippen molar-refractivity contribution in [3.8, 4) is 101 Å². The molecule has 0 radical (unpaired) electrons. The van der Waals surface area contributed by atoms with Gasteiger partial charge in [-0.05, 0) is 158 Å². The molecule has 108 heavy (non-hydrogen) atoms. The van der Waals surface area contributed by atoms with Crippen molar-refractivity contribution in [3.05, 3.63) is 382 Å². The van der Waals surface area contributed by atoms with Gasteiger partial charge in [-0.3, -0.25) is 9.13 Å². The molecule has 0 amide bonds. The maximum Gasteiger partial charge on any atom is 0.235 e. The van der Waals surface area contributed by atoms with Crippen LogP contribution in [0.4, 0.5) is 0 Å². The Morgan fingerprint density at radius 1 is 0.157 bits per heavy atom. The van der Waals surface area contributed by atoms with E-state index in [1.54, 1.807) is 0 Å². The smallest absolute Gasteiger partial charge is 0.235 e. The number of pyridine rings is 1. The first-order valence-electron chi connectivity index (χ1n) is 36.9. The molecular weight excluding hydrogens is 1310 g/mol. The van der Waals surface area contributed by atoms with E-state index in [-0.39, 0.29) is 0 Å². The molecule has 0 atom stereocenters. The molecule has 7 nitrogen and oxygen atoms in total. The lowest BCUT2D eigenvalue weighted by Crippen LogP contribution is -2.04. The highest BCUT2D eigenvalue weighted by Gasteiger charge is 2.23. The lowest BCUT2D eigenvalue weighted by Gasteiger charge is -2.14. The first kappa shape index (κ1) is 61.0. The molecule has 502 valence electrons. The molecule has 0 aliphatic carbocycles. The van der Waals surface area contributed by atoms with Crippen LogP contribution in [0.3, 0.4) is 0 Å². The Labute approximate surface area is 621 Å². The monoisotopic (exact) mass is 1370 g/mol. The Bertz CT molecular complexity index is 7360. The van der Waals surface area contributed by atoms with Crippen molar-refractivity contribution in [1.82, 2.24) is 33.2 Å². The van der Waals surface area contributed by atoms with Gasteiger partial charge >= 0.3 is 0 Å².